The Morgan fingerprint density at radius 3 is 3.00 bits per heavy atom. The van der Waals surface area contributed by atoms with Crippen LogP contribution in [-0.2, 0) is 9.53 Å². The molecule has 2 N–H and O–H groups in total. The van der Waals surface area contributed by atoms with E-state index in [1.165, 1.54) is 6.92 Å². The van der Waals surface area contributed by atoms with Gasteiger partial charge in [-0.05, 0) is 42.0 Å². The van der Waals surface area contributed by atoms with Crippen LogP contribution in [0.1, 0.15) is 18.1 Å². The van der Waals surface area contributed by atoms with E-state index in [2.05, 4.69) is 56.3 Å². The minimum atomic E-state index is -0.109. The summed E-state index contributed by atoms with van der Waals surface area (Å²) in [6.07, 6.45) is 3.75. The zero-order valence-corrected chi connectivity index (χ0v) is 19.3. The summed E-state index contributed by atoms with van der Waals surface area (Å²) in [5.74, 6) is 7.23. The third kappa shape index (κ3) is 4.20. The van der Waals surface area contributed by atoms with Crippen molar-refractivity contribution in [2.75, 3.05) is 36.6 Å². The highest BCUT2D eigenvalue weighted by Crippen LogP contribution is 2.38. The maximum absolute atomic E-state index is 11.3. The van der Waals surface area contributed by atoms with Crippen molar-refractivity contribution in [1.82, 2.24) is 9.97 Å². The number of H-pyrrole nitrogens is 1. The number of morpholine rings is 1. The van der Waals surface area contributed by atoms with Crippen LogP contribution in [0.15, 0.2) is 60.9 Å². The Labute approximate surface area is 203 Å². The van der Waals surface area contributed by atoms with Crippen LogP contribution in [0.5, 0.6) is 5.75 Å². The van der Waals surface area contributed by atoms with Crippen molar-refractivity contribution in [1.29, 1.82) is 0 Å². The fourth-order valence-corrected chi connectivity index (χ4v) is 4.62. The fourth-order valence-electron chi connectivity index (χ4n) is 4.62. The van der Waals surface area contributed by atoms with E-state index < -0.39 is 0 Å². The third-order valence-electron chi connectivity index (χ3n) is 6.32. The summed E-state index contributed by atoms with van der Waals surface area (Å²) in [6, 6.07) is 16.2. The molecule has 1 atom stereocenters. The summed E-state index contributed by atoms with van der Waals surface area (Å²) in [4.78, 5) is 21.5. The molecule has 174 valence electrons. The Kier molecular flexibility index (Phi) is 5.36. The first-order valence-corrected chi connectivity index (χ1v) is 11.6. The molecule has 4 heterocycles. The first-order valence-electron chi connectivity index (χ1n) is 11.6. The molecule has 1 unspecified atom stereocenters. The number of hydrogen-bond acceptors (Lipinski definition) is 5. The number of rotatable bonds is 2. The van der Waals surface area contributed by atoms with Gasteiger partial charge in [-0.25, -0.2) is 4.98 Å². The van der Waals surface area contributed by atoms with Crippen LogP contribution in [0.4, 0.5) is 11.4 Å². The van der Waals surface area contributed by atoms with E-state index in [-0.39, 0.29) is 11.9 Å². The summed E-state index contributed by atoms with van der Waals surface area (Å²) >= 11 is 0. The van der Waals surface area contributed by atoms with Gasteiger partial charge in [-0.3, -0.25) is 4.79 Å². The van der Waals surface area contributed by atoms with Gasteiger partial charge in [-0.1, -0.05) is 24.0 Å². The highest BCUT2D eigenvalue weighted by Gasteiger charge is 2.30. The molecule has 2 aromatic carbocycles. The van der Waals surface area contributed by atoms with Gasteiger partial charge in [0.1, 0.15) is 18.0 Å². The minimum absolute atomic E-state index is 0.109. The second kappa shape index (κ2) is 8.82. The molecule has 0 spiro atoms. The number of benzene rings is 2. The van der Waals surface area contributed by atoms with Gasteiger partial charge < -0.3 is 24.7 Å². The van der Waals surface area contributed by atoms with E-state index >= 15 is 0 Å². The average Bonchev–Trinajstić information content (AvgIpc) is 3.29. The number of fused-ring (bicyclic) bond motifs is 4. The van der Waals surface area contributed by atoms with Crippen LogP contribution in [0.25, 0.3) is 22.2 Å². The maximum atomic E-state index is 11.3. The van der Waals surface area contributed by atoms with Gasteiger partial charge >= 0.3 is 0 Å². The SMILES string of the molecule is CC(=O)Nc1cccc(C#Cc2c[nH]c3ncc(-c4ccc5c(c4)OCC4COCCN54)cc23)c1. The molecule has 6 rings (SSSR count). The molecule has 1 fully saturated rings. The normalized spacial score (nSPS) is 16.5. The Morgan fingerprint density at radius 2 is 2.09 bits per heavy atom. The third-order valence-corrected chi connectivity index (χ3v) is 6.32. The van der Waals surface area contributed by atoms with Gasteiger partial charge in [0.25, 0.3) is 0 Å². The minimum Gasteiger partial charge on any atom is -0.489 e. The van der Waals surface area contributed by atoms with Crippen LogP contribution in [0.3, 0.4) is 0 Å². The average molecular weight is 465 g/mol. The molecule has 4 aromatic rings. The van der Waals surface area contributed by atoms with E-state index in [0.717, 1.165) is 63.6 Å². The number of anilines is 2. The van der Waals surface area contributed by atoms with Gasteiger partial charge in [0, 0.05) is 48.1 Å². The number of nitrogens with one attached hydrogen (secondary N) is 2. The second-order valence-corrected chi connectivity index (χ2v) is 8.75. The summed E-state index contributed by atoms with van der Waals surface area (Å²) in [5, 5.41) is 3.75. The number of aromatic nitrogens is 2. The van der Waals surface area contributed by atoms with Gasteiger partial charge in [-0.2, -0.15) is 0 Å². The quantitative estimate of drug-likeness (QED) is 0.435. The van der Waals surface area contributed by atoms with Crippen LogP contribution in [0, 0.1) is 11.8 Å². The Hall–Kier alpha value is -4.28. The lowest BCUT2D eigenvalue weighted by molar-refractivity contribution is -0.114. The largest absolute Gasteiger partial charge is 0.489 e. The molecule has 1 saturated heterocycles. The summed E-state index contributed by atoms with van der Waals surface area (Å²) < 4.78 is 11.7. The Morgan fingerprint density at radius 1 is 1.14 bits per heavy atom. The number of carbonyl (C=O) groups is 1. The van der Waals surface area contributed by atoms with Gasteiger partial charge in [0.05, 0.1) is 30.5 Å². The number of ether oxygens (including phenoxy) is 2. The van der Waals surface area contributed by atoms with Crippen LogP contribution in [0.2, 0.25) is 0 Å². The highest BCUT2D eigenvalue weighted by atomic mass is 16.5. The molecule has 0 aliphatic carbocycles. The first-order chi connectivity index (χ1) is 17.1. The molecule has 35 heavy (non-hydrogen) atoms. The van der Waals surface area contributed by atoms with E-state index in [0.29, 0.717) is 13.2 Å². The second-order valence-electron chi connectivity index (χ2n) is 8.75. The standard InChI is InChI=1S/C28H24N4O3/c1-18(33)31-23-4-2-3-19(11-23)5-6-21-14-29-28-25(21)12-22(15-30-28)20-7-8-26-27(13-20)35-17-24-16-34-10-9-32(24)26/h2-4,7-8,11-15,24H,9-10,16-17H2,1H3,(H,29,30)(H,31,33). The van der Waals surface area contributed by atoms with Gasteiger partial charge in [0.15, 0.2) is 0 Å². The van der Waals surface area contributed by atoms with Crippen molar-refractivity contribution < 1.29 is 14.3 Å². The lowest BCUT2D eigenvalue weighted by atomic mass is 10.0. The Bertz CT molecular complexity index is 1500. The number of nitrogens with zero attached hydrogens (tertiary/aromatic N) is 2. The predicted molar refractivity (Wildman–Crippen MR) is 136 cm³/mol. The predicted octanol–water partition coefficient (Wildman–Crippen LogP) is 4.19. The number of pyridine rings is 1. The Balaban J connectivity index is 1.31. The monoisotopic (exact) mass is 464 g/mol. The van der Waals surface area contributed by atoms with Crippen LogP contribution in [-0.4, -0.2) is 48.3 Å². The van der Waals surface area contributed by atoms with Crippen molar-refractivity contribution in [3.63, 3.8) is 0 Å². The van der Waals surface area contributed by atoms with Crippen LogP contribution < -0.4 is 15.0 Å². The van der Waals surface area contributed by atoms with Crippen LogP contribution >= 0.6 is 0 Å². The van der Waals surface area contributed by atoms with E-state index in [1.807, 2.05) is 36.7 Å². The first kappa shape index (κ1) is 21.3. The van der Waals surface area contributed by atoms with E-state index in [9.17, 15) is 4.79 Å². The summed E-state index contributed by atoms with van der Waals surface area (Å²) in [5.41, 5.74) is 6.38. The number of aromatic amines is 1. The topological polar surface area (TPSA) is 79.5 Å². The zero-order valence-electron chi connectivity index (χ0n) is 19.3. The van der Waals surface area contributed by atoms with Gasteiger partial charge in [0.2, 0.25) is 5.91 Å². The maximum Gasteiger partial charge on any atom is 0.221 e. The molecule has 1 amide bonds. The molecule has 7 nitrogen and oxygen atoms in total. The molecular weight excluding hydrogens is 440 g/mol. The smallest absolute Gasteiger partial charge is 0.221 e. The lowest BCUT2D eigenvalue weighted by Gasteiger charge is -2.41. The number of amides is 1. The summed E-state index contributed by atoms with van der Waals surface area (Å²) in [6.45, 7) is 4.45. The molecule has 0 radical (unpaired) electrons. The van der Waals surface area contributed by atoms with E-state index in [1.54, 1.807) is 0 Å². The highest BCUT2D eigenvalue weighted by molar-refractivity contribution is 5.89. The van der Waals surface area contributed by atoms with Crippen molar-refractivity contribution in [3.05, 3.63) is 72.1 Å². The fraction of sp³-hybridized carbons (Fsp3) is 0.214. The lowest BCUT2D eigenvalue weighted by Crippen LogP contribution is -2.51. The van der Waals surface area contributed by atoms with Crippen molar-refractivity contribution in [3.8, 4) is 28.7 Å². The molecule has 2 aliphatic rings. The summed E-state index contributed by atoms with van der Waals surface area (Å²) in [7, 11) is 0. The molecule has 2 aromatic heterocycles. The van der Waals surface area contributed by atoms with Gasteiger partial charge in [-0.15, -0.1) is 0 Å². The van der Waals surface area contributed by atoms with E-state index in [4.69, 9.17) is 9.47 Å². The molecule has 7 heteroatoms. The molecule has 0 saturated carbocycles. The van der Waals surface area contributed by atoms with Crippen molar-refractivity contribution in [2.24, 2.45) is 0 Å². The number of carbonyl (C=O) groups excluding carboxylic acids is 1. The molecular formula is C28H24N4O3. The van der Waals surface area contributed by atoms with Crippen molar-refractivity contribution >= 4 is 28.3 Å². The van der Waals surface area contributed by atoms with Crippen molar-refractivity contribution in [2.45, 2.75) is 13.0 Å². The zero-order chi connectivity index (χ0) is 23.8. The molecule has 2 aliphatic heterocycles. The molecule has 0 bridgehead atoms. The number of hydrogen-bond donors (Lipinski definition) is 2.